The topological polar surface area (TPSA) is 41.1 Å². The number of hydrogen-bond acceptors (Lipinski definition) is 2. The third-order valence-corrected chi connectivity index (χ3v) is 2.97. The molecule has 1 rings (SSSR count). The van der Waals surface area contributed by atoms with Crippen molar-refractivity contribution in [2.45, 2.75) is 40.0 Å². The van der Waals surface area contributed by atoms with Gasteiger partial charge in [-0.15, -0.1) is 0 Å². The first-order valence-corrected chi connectivity index (χ1v) is 6.78. The van der Waals surface area contributed by atoms with Crippen LogP contribution in [0.15, 0.2) is 18.2 Å². The predicted octanol–water partition coefficient (Wildman–Crippen LogP) is 2.89. The minimum atomic E-state index is 0.121. The first kappa shape index (κ1) is 14.6. The molecule has 0 fully saturated rings. The molecule has 0 aromatic heterocycles. The average molecular weight is 248 g/mol. The van der Waals surface area contributed by atoms with Gasteiger partial charge in [0.15, 0.2) is 0 Å². The van der Waals surface area contributed by atoms with Gasteiger partial charge >= 0.3 is 0 Å². The van der Waals surface area contributed by atoms with E-state index in [1.54, 1.807) is 0 Å². The maximum Gasteiger partial charge on any atom is 0.221 e. The van der Waals surface area contributed by atoms with E-state index in [0.717, 1.165) is 19.4 Å². The Kier molecular flexibility index (Phi) is 6.26. The fourth-order valence-electron chi connectivity index (χ4n) is 1.93. The monoisotopic (exact) mass is 248 g/mol. The van der Waals surface area contributed by atoms with Gasteiger partial charge < -0.3 is 10.6 Å². The SMILES string of the molecule is CCCNC(=O)CCNc1c(C)cccc1CC. The van der Waals surface area contributed by atoms with Crippen molar-refractivity contribution < 1.29 is 4.79 Å². The molecular weight excluding hydrogens is 224 g/mol. The van der Waals surface area contributed by atoms with Crippen LogP contribution in [-0.2, 0) is 11.2 Å². The zero-order chi connectivity index (χ0) is 13.4. The summed E-state index contributed by atoms with van der Waals surface area (Å²) in [7, 11) is 0. The van der Waals surface area contributed by atoms with Gasteiger partial charge in [-0.05, 0) is 30.9 Å². The van der Waals surface area contributed by atoms with E-state index in [4.69, 9.17) is 0 Å². The lowest BCUT2D eigenvalue weighted by atomic mass is 10.1. The van der Waals surface area contributed by atoms with Crippen molar-refractivity contribution in [3.8, 4) is 0 Å². The van der Waals surface area contributed by atoms with Crippen LogP contribution in [0, 0.1) is 6.92 Å². The molecule has 1 amide bonds. The fourth-order valence-corrected chi connectivity index (χ4v) is 1.93. The Bertz CT molecular complexity index is 388. The molecule has 0 spiro atoms. The second kappa shape index (κ2) is 7.75. The number of nitrogens with one attached hydrogen (secondary N) is 2. The van der Waals surface area contributed by atoms with Crippen LogP contribution in [0.1, 0.15) is 37.8 Å². The summed E-state index contributed by atoms with van der Waals surface area (Å²) in [5.74, 6) is 0.121. The highest BCUT2D eigenvalue weighted by Gasteiger charge is 2.04. The van der Waals surface area contributed by atoms with Gasteiger partial charge in [0.2, 0.25) is 5.91 Å². The van der Waals surface area contributed by atoms with Crippen LogP contribution < -0.4 is 10.6 Å². The maximum atomic E-state index is 11.5. The van der Waals surface area contributed by atoms with E-state index in [0.29, 0.717) is 13.0 Å². The Morgan fingerprint density at radius 3 is 2.67 bits per heavy atom. The molecule has 0 atom stereocenters. The highest BCUT2D eigenvalue weighted by Crippen LogP contribution is 2.20. The third-order valence-electron chi connectivity index (χ3n) is 2.97. The summed E-state index contributed by atoms with van der Waals surface area (Å²) < 4.78 is 0. The van der Waals surface area contributed by atoms with Crippen LogP contribution in [-0.4, -0.2) is 19.0 Å². The Morgan fingerprint density at radius 2 is 2.00 bits per heavy atom. The van der Waals surface area contributed by atoms with Crippen molar-refractivity contribution in [3.63, 3.8) is 0 Å². The molecular formula is C15H24N2O. The standard InChI is InChI=1S/C15H24N2O/c1-4-10-16-14(18)9-11-17-15-12(3)7-6-8-13(15)5-2/h6-8,17H,4-5,9-11H2,1-3H3,(H,16,18). The Labute approximate surface area is 110 Å². The van der Waals surface area contributed by atoms with Gasteiger partial charge in [0.25, 0.3) is 0 Å². The molecule has 1 aromatic carbocycles. The lowest BCUT2D eigenvalue weighted by Crippen LogP contribution is -2.26. The Hall–Kier alpha value is -1.51. The van der Waals surface area contributed by atoms with Crippen molar-refractivity contribution in [3.05, 3.63) is 29.3 Å². The highest BCUT2D eigenvalue weighted by molar-refractivity contribution is 5.76. The number of hydrogen-bond donors (Lipinski definition) is 2. The van der Waals surface area contributed by atoms with Crippen molar-refractivity contribution in [1.82, 2.24) is 5.32 Å². The number of carbonyl (C=O) groups is 1. The summed E-state index contributed by atoms with van der Waals surface area (Å²) >= 11 is 0. The van der Waals surface area contributed by atoms with Gasteiger partial charge in [-0.2, -0.15) is 0 Å². The molecule has 1 aromatic rings. The van der Waals surface area contributed by atoms with E-state index >= 15 is 0 Å². The smallest absolute Gasteiger partial charge is 0.221 e. The Morgan fingerprint density at radius 1 is 1.22 bits per heavy atom. The zero-order valence-electron chi connectivity index (χ0n) is 11.7. The third kappa shape index (κ3) is 4.40. The summed E-state index contributed by atoms with van der Waals surface area (Å²) in [5.41, 5.74) is 3.73. The van der Waals surface area contributed by atoms with Crippen molar-refractivity contribution >= 4 is 11.6 Å². The molecule has 3 heteroatoms. The molecule has 0 aliphatic carbocycles. The minimum Gasteiger partial charge on any atom is -0.384 e. The number of amides is 1. The van der Waals surface area contributed by atoms with Crippen molar-refractivity contribution in [1.29, 1.82) is 0 Å². The van der Waals surface area contributed by atoms with E-state index in [2.05, 4.69) is 49.6 Å². The molecule has 0 saturated heterocycles. The molecule has 100 valence electrons. The summed E-state index contributed by atoms with van der Waals surface area (Å²) in [6, 6.07) is 6.30. The van der Waals surface area contributed by atoms with E-state index in [1.165, 1.54) is 16.8 Å². The number of rotatable bonds is 7. The molecule has 0 bridgehead atoms. The number of benzene rings is 1. The van der Waals surface area contributed by atoms with Crippen LogP contribution in [0.3, 0.4) is 0 Å². The predicted molar refractivity (Wildman–Crippen MR) is 77.0 cm³/mol. The molecule has 0 unspecified atom stereocenters. The normalized spacial score (nSPS) is 10.2. The lowest BCUT2D eigenvalue weighted by molar-refractivity contribution is -0.120. The van der Waals surface area contributed by atoms with Gasteiger partial charge in [0.1, 0.15) is 0 Å². The van der Waals surface area contributed by atoms with Crippen molar-refractivity contribution in [2.24, 2.45) is 0 Å². The van der Waals surface area contributed by atoms with E-state index in [-0.39, 0.29) is 5.91 Å². The number of carbonyl (C=O) groups excluding carboxylic acids is 1. The van der Waals surface area contributed by atoms with Crippen molar-refractivity contribution in [2.75, 3.05) is 18.4 Å². The summed E-state index contributed by atoms with van der Waals surface area (Å²) in [5, 5.41) is 6.26. The molecule has 0 heterocycles. The zero-order valence-corrected chi connectivity index (χ0v) is 11.7. The van der Waals surface area contributed by atoms with Crippen LogP contribution in [0.2, 0.25) is 0 Å². The van der Waals surface area contributed by atoms with Crippen LogP contribution in [0.25, 0.3) is 0 Å². The lowest BCUT2D eigenvalue weighted by Gasteiger charge is -2.13. The largest absolute Gasteiger partial charge is 0.384 e. The number of para-hydroxylation sites is 1. The van der Waals surface area contributed by atoms with Gasteiger partial charge in [-0.3, -0.25) is 4.79 Å². The molecule has 0 aliphatic heterocycles. The van der Waals surface area contributed by atoms with Gasteiger partial charge in [-0.1, -0.05) is 32.0 Å². The van der Waals surface area contributed by atoms with Crippen LogP contribution in [0.5, 0.6) is 0 Å². The van der Waals surface area contributed by atoms with Gasteiger partial charge in [-0.25, -0.2) is 0 Å². The molecule has 3 nitrogen and oxygen atoms in total. The van der Waals surface area contributed by atoms with E-state index < -0.39 is 0 Å². The first-order chi connectivity index (χ1) is 8.69. The Balaban J connectivity index is 2.46. The molecule has 18 heavy (non-hydrogen) atoms. The quantitative estimate of drug-likeness (QED) is 0.779. The molecule has 0 aliphatic rings. The second-order valence-electron chi connectivity index (χ2n) is 4.49. The van der Waals surface area contributed by atoms with E-state index in [1.807, 2.05) is 0 Å². The van der Waals surface area contributed by atoms with Gasteiger partial charge in [0, 0.05) is 25.2 Å². The van der Waals surface area contributed by atoms with Gasteiger partial charge in [0.05, 0.1) is 0 Å². The fraction of sp³-hybridized carbons (Fsp3) is 0.533. The summed E-state index contributed by atoms with van der Waals surface area (Å²) in [4.78, 5) is 11.5. The van der Waals surface area contributed by atoms with Crippen LogP contribution >= 0.6 is 0 Å². The summed E-state index contributed by atoms with van der Waals surface area (Å²) in [6.07, 6.45) is 2.51. The maximum absolute atomic E-state index is 11.5. The second-order valence-corrected chi connectivity index (χ2v) is 4.49. The number of aryl methyl sites for hydroxylation is 2. The van der Waals surface area contributed by atoms with E-state index in [9.17, 15) is 4.79 Å². The average Bonchev–Trinajstić information content (AvgIpc) is 2.38. The molecule has 0 saturated carbocycles. The summed E-state index contributed by atoms with van der Waals surface area (Å²) in [6.45, 7) is 7.75. The first-order valence-electron chi connectivity index (χ1n) is 6.78. The minimum absolute atomic E-state index is 0.121. The van der Waals surface area contributed by atoms with Crippen LogP contribution in [0.4, 0.5) is 5.69 Å². The molecule has 2 N–H and O–H groups in total. The number of anilines is 1. The highest BCUT2D eigenvalue weighted by atomic mass is 16.1. The molecule has 0 radical (unpaired) electrons.